The van der Waals surface area contributed by atoms with Gasteiger partial charge in [-0.05, 0) is 62.7 Å². The number of aromatic nitrogens is 1. The number of carboxylic acids is 1. The first kappa shape index (κ1) is 28.6. The minimum Gasteiger partial charge on any atom is -0.481 e. The summed E-state index contributed by atoms with van der Waals surface area (Å²) in [4.78, 5) is 41.5. The van der Waals surface area contributed by atoms with Crippen LogP contribution < -0.4 is 10.5 Å². The monoisotopic (exact) mass is 564 g/mol. The predicted octanol–water partition coefficient (Wildman–Crippen LogP) is 4.57. The second-order valence-corrected chi connectivity index (χ2v) is 11.5. The van der Waals surface area contributed by atoms with Gasteiger partial charge in [-0.2, -0.15) is 5.26 Å². The van der Waals surface area contributed by atoms with Crippen LogP contribution in [0.5, 0.6) is 0 Å². The molecule has 1 aromatic carbocycles. The van der Waals surface area contributed by atoms with Crippen LogP contribution in [-0.4, -0.2) is 50.4 Å². The molecular weight excluding hydrogens is 532 g/mol. The molecule has 8 nitrogen and oxygen atoms in total. The van der Waals surface area contributed by atoms with Crippen LogP contribution in [-0.2, 0) is 22.6 Å². The number of pyridine rings is 1. The molecule has 0 aliphatic carbocycles. The van der Waals surface area contributed by atoms with Crippen molar-refractivity contribution in [1.82, 2.24) is 9.47 Å². The molecule has 0 atom stereocenters. The molecule has 0 bridgehead atoms. The number of thioether (sulfide) groups is 1. The van der Waals surface area contributed by atoms with Crippen LogP contribution in [0.2, 0.25) is 0 Å². The lowest BCUT2D eigenvalue weighted by atomic mass is 9.90. The van der Waals surface area contributed by atoms with Crippen molar-refractivity contribution in [2.45, 2.75) is 52.5 Å². The maximum Gasteiger partial charge on any atom is 0.303 e. The Labute approximate surface area is 237 Å². The van der Waals surface area contributed by atoms with Gasteiger partial charge < -0.3 is 10.0 Å². The maximum absolute atomic E-state index is 13.3. The standard InChI is InChI=1S/C29H32N4O4S2/c1-3-32-26(31-14-11-21(12-15-31)16-20-8-5-4-6-9-20)22(19(2)23(18-30)27(32)36)17-24-28(37)33(29(38)39-24)13-7-10-25(34)35/h4-6,8-9,17,21H,3,7,10-16H2,1-2H3,(H,34,35)/b24-17+. The lowest BCUT2D eigenvalue weighted by Gasteiger charge is -2.36. The number of piperidine rings is 1. The first-order valence-corrected chi connectivity index (χ1v) is 14.4. The van der Waals surface area contributed by atoms with Crippen LogP contribution in [0.25, 0.3) is 6.08 Å². The van der Waals surface area contributed by atoms with E-state index in [0.717, 1.165) is 49.9 Å². The molecular formula is C29H32N4O4S2. The molecule has 2 aromatic rings. The average molecular weight is 565 g/mol. The Morgan fingerprint density at radius 2 is 1.92 bits per heavy atom. The Bertz CT molecular complexity index is 1400. The Balaban J connectivity index is 1.66. The van der Waals surface area contributed by atoms with Crippen LogP contribution in [0.15, 0.2) is 40.0 Å². The van der Waals surface area contributed by atoms with Gasteiger partial charge in [0, 0.05) is 38.2 Å². The number of amides is 1. The van der Waals surface area contributed by atoms with Crippen molar-refractivity contribution in [2.24, 2.45) is 5.92 Å². The molecule has 0 unspecified atom stereocenters. The van der Waals surface area contributed by atoms with E-state index in [0.29, 0.717) is 39.2 Å². The zero-order chi connectivity index (χ0) is 28.1. The van der Waals surface area contributed by atoms with E-state index in [4.69, 9.17) is 17.3 Å². The topological polar surface area (TPSA) is 107 Å². The van der Waals surface area contributed by atoms with E-state index in [1.54, 1.807) is 17.6 Å². The van der Waals surface area contributed by atoms with Gasteiger partial charge in [-0.1, -0.05) is 54.3 Å². The van der Waals surface area contributed by atoms with E-state index in [1.165, 1.54) is 10.5 Å². The van der Waals surface area contributed by atoms with E-state index in [-0.39, 0.29) is 30.0 Å². The molecule has 1 amide bonds. The molecule has 204 valence electrons. The van der Waals surface area contributed by atoms with E-state index < -0.39 is 5.97 Å². The Morgan fingerprint density at radius 3 is 2.54 bits per heavy atom. The molecule has 3 heterocycles. The fraction of sp³-hybridized carbons (Fsp3) is 0.414. The van der Waals surface area contributed by atoms with Crippen molar-refractivity contribution in [3.8, 4) is 6.07 Å². The molecule has 0 radical (unpaired) electrons. The summed E-state index contributed by atoms with van der Waals surface area (Å²) in [7, 11) is 0. The normalized spacial score (nSPS) is 17.2. The van der Waals surface area contributed by atoms with Crippen LogP contribution in [0.1, 0.15) is 54.9 Å². The van der Waals surface area contributed by atoms with Crippen molar-refractivity contribution < 1.29 is 14.7 Å². The van der Waals surface area contributed by atoms with Crippen LogP contribution in [0.3, 0.4) is 0 Å². The quantitative estimate of drug-likeness (QED) is 0.349. The highest BCUT2D eigenvalue weighted by Crippen LogP contribution is 2.37. The van der Waals surface area contributed by atoms with Crippen molar-refractivity contribution in [3.63, 3.8) is 0 Å². The molecule has 10 heteroatoms. The van der Waals surface area contributed by atoms with E-state index in [2.05, 4.69) is 35.2 Å². The van der Waals surface area contributed by atoms with Crippen molar-refractivity contribution >= 4 is 52.1 Å². The zero-order valence-electron chi connectivity index (χ0n) is 22.2. The largest absolute Gasteiger partial charge is 0.481 e. The number of hydrogen-bond acceptors (Lipinski definition) is 7. The number of nitrogens with zero attached hydrogens (tertiary/aromatic N) is 4. The van der Waals surface area contributed by atoms with Crippen LogP contribution in [0, 0.1) is 24.2 Å². The number of carbonyl (C=O) groups is 2. The van der Waals surface area contributed by atoms with E-state index >= 15 is 0 Å². The number of aliphatic carboxylic acids is 1. The van der Waals surface area contributed by atoms with Gasteiger partial charge in [-0.15, -0.1) is 0 Å². The number of carboxylic acid groups (broad SMARTS) is 1. The minimum atomic E-state index is -0.922. The smallest absolute Gasteiger partial charge is 0.303 e. The fourth-order valence-electron chi connectivity index (χ4n) is 5.29. The van der Waals surface area contributed by atoms with Gasteiger partial charge in [-0.3, -0.25) is 23.9 Å². The maximum atomic E-state index is 13.3. The first-order valence-electron chi connectivity index (χ1n) is 13.2. The highest BCUT2D eigenvalue weighted by atomic mass is 32.2. The second-order valence-electron chi connectivity index (χ2n) is 9.85. The number of carbonyl (C=O) groups excluding carboxylic acids is 1. The molecule has 0 spiro atoms. The Hall–Kier alpha value is -3.42. The third-order valence-electron chi connectivity index (χ3n) is 7.37. The first-order chi connectivity index (χ1) is 18.7. The fourth-order valence-corrected chi connectivity index (χ4v) is 6.58. The van der Waals surface area contributed by atoms with Crippen molar-refractivity contribution in [3.05, 3.63) is 67.8 Å². The third-order valence-corrected chi connectivity index (χ3v) is 8.74. The number of anilines is 1. The van der Waals surface area contributed by atoms with E-state index in [1.807, 2.05) is 13.0 Å². The summed E-state index contributed by atoms with van der Waals surface area (Å²) in [6.07, 6.45) is 4.96. The van der Waals surface area contributed by atoms with Gasteiger partial charge in [0.1, 0.15) is 21.8 Å². The number of thiocarbonyl (C=S) groups is 1. The van der Waals surface area contributed by atoms with Gasteiger partial charge in [0.15, 0.2) is 0 Å². The summed E-state index contributed by atoms with van der Waals surface area (Å²) in [5.41, 5.74) is 2.30. The average Bonchev–Trinajstić information content (AvgIpc) is 3.18. The molecule has 2 saturated heterocycles. The van der Waals surface area contributed by atoms with Crippen molar-refractivity contribution in [1.29, 1.82) is 5.26 Å². The zero-order valence-corrected chi connectivity index (χ0v) is 23.8. The number of rotatable bonds is 9. The lowest BCUT2D eigenvalue weighted by Crippen LogP contribution is -2.39. The van der Waals surface area contributed by atoms with Crippen LogP contribution in [0.4, 0.5) is 5.82 Å². The molecule has 39 heavy (non-hydrogen) atoms. The van der Waals surface area contributed by atoms with Gasteiger partial charge in [0.2, 0.25) is 0 Å². The molecule has 0 saturated carbocycles. The molecule has 2 aliphatic heterocycles. The third kappa shape index (κ3) is 6.26. The molecule has 2 fully saturated rings. The van der Waals surface area contributed by atoms with Gasteiger partial charge >= 0.3 is 5.97 Å². The summed E-state index contributed by atoms with van der Waals surface area (Å²) >= 11 is 6.59. The molecule has 4 rings (SSSR count). The Kier molecular flexibility index (Phi) is 9.25. The van der Waals surface area contributed by atoms with Gasteiger partial charge in [0.25, 0.3) is 11.5 Å². The lowest BCUT2D eigenvalue weighted by molar-refractivity contribution is -0.137. The molecule has 2 aliphatic rings. The second kappa shape index (κ2) is 12.6. The van der Waals surface area contributed by atoms with Crippen LogP contribution >= 0.6 is 24.0 Å². The number of nitriles is 1. The summed E-state index contributed by atoms with van der Waals surface area (Å²) in [6.45, 7) is 5.79. The summed E-state index contributed by atoms with van der Waals surface area (Å²) < 4.78 is 2.02. The van der Waals surface area contributed by atoms with Crippen molar-refractivity contribution in [2.75, 3.05) is 24.5 Å². The van der Waals surface area contributed by atoms with Gasteiger partial charge in [-0.25, -0.2) is 0 Å². The summed E-state index contributed by atoms with van der Waals surface area (Å²) in [5, 5.41) is 18.8. The number of benzene rings is 1. The van der Waals surface area contributed by atoms with E-state index in [9.17, 15) is 19.6 Å². The highest BCUT2D eigenvalue weighted by molar-refractivity contribution is 8.26. The SMILES string of the molecule is CCn1c(N2CCC(Cc3ccccc3)CC2)c(/C=C2/SC(=S)N(CCCC(=O)O)C2=O)c(C)c(C#N)c1=O. The number of hydrogen-bond donors (Lipinski definition) is 1. The highest BCUT2D eigenvalue weighted by Gasteiger charge is 2.33. The predicted molar refractivity (Wildman–Crippen MR) is 158 cm³/mol. The van der Waals surface area contributed by atoms with Gasteiger partial charge in [0.05, 0.1) is 4.91 Å². The minimum absolute atomic E-state index is 0.0490. The molecule has 1 N–H and O–H groups in total. The molecule has 1 aromatic heterocycles. The summed E-state index contributed by atoms with van der Waals surface area (Å²) in [6, 6.07) is 12.5. The summed E-state index contributed by atoms with van der Waals surface area (Å²) in [5.74, 6) is 0.0634. The Morgan fingerprint density at radius 1 is 1.23 bits per heavy atom.